The van der Waals surface area contributed by atoms with Crippen molar-refractivity contribution >= 4 is 33.4 Å². The maximum Gasteiger partial charge on any atom is 0.412 e. The number of nitrogens with zero attached hydrogens (tertiary/aromatic N) is 1. The Labute approximate surface area is 108 Å². The third-order valence-electron chi connectivity index (χ3n) is 2.10. The third-order valence-corrected chi connectivity index (χ3v) is 2.91. The molecule has 18 heavy (non-hydrogen) atoms. The number of rotatable bonds is 1. The molecule has 1 aromatic carbocycles. The van der Waals surface area contributed by atoms with E-state index in [1.54, 1.807) is 33.0 Å². The van der Waals surface area contributed by atoms with Crippen LogP contribution in [0.25, 0.3) is 10.1 Å². The van der Waals surface area contributed by atoms with Gasteiger partial charge >= 0.3 is 6.09 Å². The minimum Gasteiger partial charge on any atom is -0.444 e. The molecule has 1 heterocycles. The van der Waals surface area contributed by atoms with Crippen LogP contribution in [-0.2, 0) is 4.74 Å². The second kappa shape index (κ2) is 4.53. The van der Waals surface area contributed by atoms with Gasteiger partial charge in [0.25, 0.3) is 0 Å². The van der Waals surface area contributed by atoms with E-state index in [9.17, 15) is 9.18 Å². The van der Waals surface area contributed by atoms with Crippen LogP contribution in [0.15, 0.2) is 18.3 Å². The topological polar surface area (TPSA) is 51.2 Å². The van der Waals surface area contributed by atoms with Crippen molar-refractivity contribution in [2.75, 3.05) is 5.32 Å². The van der Waals surface area contributed by atoms with Crippen LogP contribution < -0.4 is 5.32 Å². The van der Waals surface area contributed by atoms with Crippen LogP contribution in [0, 0.1) is 5.82 Å². The predicted octanol–water partition coefficient (Wildman–Crippen LogP) is 3.78. The number of hydrogen-bond donors (Lipinski definition) is 1. The third kappa shape index (κ3) is 2.76. The molecular formula is C12H13FN2O2S. The van der Waals surface area contributed by atoms with Crippen LogP contribution in [0.5, 0.6) is 0 Å². The maximum absolute atomic E-state index is 14.0. The van der Waals surface area contributed by atoms with Crippen molar-refractivity contribution < 1.29 is 13.9 Å². The van der Waals surface area contributed by atoms with Gasteiger partial charge < -0.3 is 4.74 Å². The first-order valence-corrected chi connectivity index (χ1v) is 6.17. The zero-order chi connectivity index (χ0) is 13.3. The zero-order valence-electron chi connectivity index (χ0n) is 10.3. The van der Waals surface area contributed by atoms with Crippen molar-refractivity contribution in [2.24, 2.45) is 0 Å². The fourth-order valence-electron chi connectivity index (χ4n) is 1.41. The molecule has 0 unspecified atom stereocenters. The first kappa shape index (κ1) is 12.8. The summed E-state index contributed by atoms with van der Waals surface area (Å²) in [5.74, 6) is -0.485. The molecule has 1 N–H and O–H groups in total. The van der Waals surface area contributed by atoms with E-state index in [2.05, 4.69) is 9.69 Å². The van der Waals surface area contributed by atoms with Gasteiger partial charge in [0.05, 0.1) is 10.4 Å². The first-order chi connectivity index (χ1) is 8.37. The Morgan fingerprint density at radius 3 is 2.83 bits per heavy atom. The molecule has 0 spiro atoms. The lowest BCUT2D eigenvalue weighted by Crippen LogP contribution is -2.27. The van der Waals surface area contributed by atoms with Crippen LogP contribution >= 0.6 is 11.5 Å². The Balaban J connectivity index is 2.21. The molecule has 96 valence electrons. The predicted molar refractivity (Wildman–Crippen MR) is 69.4 cm³/mol. The van der Waals surface area contributed by atoms with Gasteiger partial charge in [-0.1, -0.05) is 0 Å². The van der Waals surface area contributed by atoms with Gasteiger partial charge in [-0.05, 0) is 44.4 Å². The number of carbonyl (C=O) groups is 1. The molecule has 2 aromatic rings. The fourth-order valence-corrected chi connectivity index (χ4v) is 2.10. The summed E-state index contributed by atoms with van der Waals surface area (Å²) in [7, 11) is 0. The highest BCUT2D eigenvalue weighted by atomic mass is 32.1. The first-order valence-electron chi connectivity index (χ1n) is 5.40. The molecule has 0 fully saturated rings. The van der Waals surface area contributed by atoms with Gasteiger partial charge in [0.15, 0.2) is 5.82 Å². The quantitative estimate of drug-likeness (QED) is 0.856. The van der Waals surface area contributed by atoms with Crippen LogP contribution in [-0.4, -0.2) is 16.1 Å². The summed E-state index contributed by atoms with van der Waals surface area (Å²) in [5.41, 5.74) is -0.518. The van der Waals surface area contributed by atoms with Gasteiger partial charge in [-0.25, -0.2) is 9.18 Å². The molecule has 0 bridgehead atoms. The molecule has 0 atom stereocenters. The van der Waals surface area contributed by atoms with E-state index in [0.717, 1.165) is 11.5 Å². The van der Waals surface area contributed by atoms with Crippen molar-refractivity contribution in [2.45, 2.75) is 26.4 Å². The van der Waals surface area contributed by atoms with Crippen molar-refractivity contribution in [1.82, 2.24) is 4.37 Å². The van der Waals surface area contributed by atoms with E-state index in [4.69, 9.17) is 4.74 Å². The van der Waals surface area contributed by atoms with Gasteiger partial charge in [0, 0.05) is 11.6 Å². The summed E-state index contributed by atoms with van der Waals surface area (Å²) in [6.45, 7) is 5.24. The van der Waals surface area contributed by atoms with E-state index in [1.807, 2.05) is 0 Å². The highest BCUT2D eigenvalue weighted by Crippen LogP contribution is 2.27. The summed E-state index contributed by atoms with van der Waals surface area (Å²) in [5, 5.41) is 3.11. The van der Waals surface area contributed by atoms with Gasteiger partial charge in [-0.15, -0.1) is 0 Å². The Kier molecular flexibility index (Phi) is 3.21. The lowest BCUT2D eigenvalue weighted by Gasteiger charge is -2.19. The molecule has 1 aromatic heterocycles. The number of benzene rings is 1. The Morgan fingerprint density at radius 2 is 2.17 bits per heavy atom. The summed E-state index contributed by atoms with van der Waals surface area (Å²) < 4.78 is 23.4. The molecule has 0 saturated carbocycles. The molecule has 0 aliphatic heterocycles. The van der Waals surface area contributed by atoms with Gasteiger partial charge in [0.2, 0.25) is 0 Å². The number of nitrogens with one attached hydrogen (secondary N) is 1. The van der Waals surface area contributed by atoms with Crippen LogP contribution in [0.1, 0.15) is 20.8 Å². The van der Waals surface area contributed by atoms with Crippen LogP contribution in [0.4, 0.5) is 14.9 Å². The van der Waals surface area contributed by atoms with E-state index >= 15 is 0 Å². The monoisotopic (exact) mass is 268 g/mol. The number of amides is 1. The normalized spacial score (nSPS) is 11.6. The average Bonchev–Trinajstić information content (AvgIpc) is 2.68. The molecule has 4 nitrogen and oxygen atoms in total. The summed E-state index contributed by atoms with van der Waals surface area (Å²) in [6, 6.07) is 3.20. The molecule has 0 aliphatic carbocycles. The van der Waals surface area contributed by atoms with Gasteiger partial charge in [-0.2, -0.15) is 4.37 Å². The Morgan fingerprint density at radius 1 is 1.44 bits per heavy atom. The standard InChI is InChI=1S/C12H13FN2O2S/c1-12(2,3)17-11(16)15-8-5-4-7-6-14-18-10(7)9(8)13/h4-6H,1-3H3,(H,15,16). The molecule has 0 saturated heterocycles. The van der Waals surface area contributed by atoms with E-state index in [-0.39, 0.29) is 5.69 Å². The number of aromatic nitrogens is 1. The minimum absolute atomic E-state index is 0.0981. The number of fused-ring (bicyclic) bond motifs is 1. The largest absolute Gasteiger partial charge is 0.444 e. The molecule has 0 aliphatic rings. The summed E-state index contributed by atoms with van der Waals surface area (Å²) >= 11 is 1.05. The SMILES string of the molecule is CC(C)(C)OC(=O)Nc1ccc2cnsc2c1F. The summed E-state index contributed by atoms with van der Waals surface area (Å²) in [6.07, 6.45) is 0.908. The maximum atomic E-state index is 14.0. The molecule has 2 rings (SSSR count). The van der Waals surface area contributed by atoms with Gasteiger partial charge in [-0.3, -0.25) is 5.32 Å². The zero-order valence-corrected chi connectivity index (χ0v) is 11.1. The van der Waals surface area contributed by atoms with E-state index in [0.29, 0.717) is 10.1 Å². The molecular weight excluding hydrogens is 255 g/mol. The minimum atomic E-state index is -0.676. The van der Waals surface area contributed by atoms with Crippen LogP contribution in [0.2, 0.25) is 0 Å². The van der Waals surface area contributed by atoms with Crippen LogP contribution in [0.3, 0.4) is 0 Å². The number of anilines is 1. The van der Waals surface area contributed by atoms with Crippen molar-refractivity contribution in [3.63, 3.8) is 0 Å². The van der Waals surface area contributed by atoms with E-state index in [1.165, 1.54) is 6.07 Å². The molecule has 0 radical (unpaired) electrons. The Hall–Kier alpha value is -1.69. The number of halogens is 1. The molecule has 6 heteroatoms. The van der Waals surface area contributed by atoms with Crippen molar-refractivity contribution in [1.29, 1.82) is 0 Å². The lowest BCUT2D eigenvalue weighted by atomic mass is 10.2. The second-order valence-corrected chi connectivity index (χ2v) is 5.60. The Bertz CT molecular complexity index is 589. The number of ether oxygens (including phenoxy) is 1. The smallest absolute Gasteiger partial charge is 0.412 e. The average molecular weight is 268 g/mol. The number of carbonyl (C=O) groups excluding carboxylic acids is 1. The van der Waals surface area contributed by atoms with Crippen molar-refractivity contribution in [3.05, 3.63) is 24.1 Å². The highest BCUT2D eigenvalue weighted by molar-refractivity contribution is 7.13. The van der Waals surface area contributed by atoms with Gasteiger partial charge in [0.1, 0.15) is 5.60 Å². The summed E-state index contributed by atoms with van der Waals surface area (Å²) in [4.78, 5) is 11.5. The lowest BCUT2D eigenvalue weighted by molar-refractivity contribution is 0.0635. The van der Waals surface area contributed by atoms with Crippen molar-refractivity contribution in [3.8, 4) is 0 Å². The number of hydrogen-bond acceptors (Lipinski definition) is 4. The molecule has 1 amide bonds. The van der Waals surface area contributed by atoms with E-state index < -0.39 is 17.5 Å². The highest BCUT2D eigenvalue weighted by Gasteiger charge is 2.18. The fraction of sp³-hybridized carbons (Fsp3) is 0.333. The second-order valence-electron chi connectivity index (χ2n) is 4.80.